The summed E-state index contributed by atoms with van der Waals surface area (Å²) in [6, 6.07) is 8.13. The van der Waals surface area contributed by atoms with Crippen LogP contribution in [0.5, 0.6) is 0 Å². The molecule has 4 heteroatoms. The fourth-order valence-corrected chi connectivity index (χ4v) is 3.21. The molecule has 1 atom stereocenters. The van der Waals surface area contributed by atoms with Crippen LogP contribution in [0.25, 0.3) is 0 Å². The van der Waals surface area contributed by atoms with Crippen LogP contribution in [0.1, 0.15) is 33.5 Å². The van der Waals surface area contributed by atoms with Crippen molar-refractivity contribution in [2.24, 2.45) is 0 Å². The van der Waals surface area contributed by atoms with Crippen LogP contribution in [0.4, 0.5) is 13.2 Å². The number of aryl methyl sites for hydroxylation is 2. The van der Waals surface area contributed by atoms with Crippen molar-refractivity contribution < 1.29 is 13.2 Å². The zero-order valence-electron chi connectivity index (χ0n) is 10.6. The van der Waals surface area contributed by atoms with Gasteiger partial charge < -0.3 is 0 Å². The second-order valence-electron chi connectivity index (χ2n) is 5.04. The van der Waals surface area contributed by atoms with Crippen molar-refractivity contribution in [3.05, 3.63) is 70.0 Å². The minimum Gasteiger partial charge on any atom is -0.204 e. The monoisotopic (exact) mass is 340 g/mol. The molecule has 1 unspecified atom stereocenters. The van der Waals surface area contributed by atoms with Crippen LogP contribution in [0.3, 0.4) is 0 Å². The van der Waals surface area contributed by atoms with Gasteiger partial charge in [0.15, 0.2) is 17.5 Å². The summed E-state index contributed by atoms with van der Waals surface area (Å²) < 4.78 is 39.6. The highest BCUT2D eigenvalue weighted by Gasteiger charge is 2.19. The van der Waals surface area contributed by atoms with Gasteiger partial charge in [-0.15, -0.1) is 0 Å². The van der Waals surface area contributed by atoms with E-state index in [4.69, 9.17) is 0 Å². The Morgan fingerprint density at radius 2 is 1.50 bits per heavy atom. The van der Waals surface area contributed by atoms with Crippen LogP contribution >= 0.6 is 15.9 Å². The highest BCUT2D eigenvalue weighted by Crippen LogP contribution is 2.34. The number of alkyl halides is 1. The predicted molar refractivity (Wildman–Crippen MR) is 75.6 cm³/mol. The van der Waals surface area contributed by atoms with Crippen molar-refractivity contribution in [3.8, 4) is 0 Å². The third-order valence-electron chi connectivity index (χ3n) is 3.71. The van der Waals surface area contributed by atoms with Crippen LogP contribution in [0, 0.1) is 17.5 Å². The fourth-order valence-electron chi connectivity index (χ4n) is 2.66. The lowest BCUT2D eigenvalue weighted by atomic mass is 10.00. The van der Waals surface area contributed by atoms with Gasteiger partial charge in [-0.2, -0.15) is 0 Å². The van der Waals surface area contributed by atoms with E-state index in [1.165, 1.54) is 11.1 Å². The van der Waals surface area contributed by atoms with E-state index in [2.05, 4.69) is 28.1 Å². The second-order valence-corrected chi connectivity index (χ2v) is 5.96. The van der Waals surface area contributed by atoms with E-state index in [9.17, 15) is 13.2 Å². The Morgan fingerprint density at radius 3 is 2.20 bits per heavy atom. The summed E-state index contributed by atoms with van der Waals surface area (Å²) in [7, 11) is 0. The molecule has 0 bridgehead atoms. The van der Waals surface area contributed by atoms with E-state index in [1.807, 2.05) is 6.07 Å². The van der Waals surface area contributed by atoms with Crippen LogP contribution in [-0.2, 0) is 12.8 Å². The average molecular weight is 341 g/mol. The number of hydrogen-bond donors (Lipinski definition) is 0. The summed E-state index contributed by atoms with van der Waals surface area (Å²) in [6.45, 7) is 0. The molecule has 0 radical (unpaired) electrons. The molecule has 1 aliphatic carbocycles. The van der Waals surface area contributed by atoms with Crippen molar-refractivity contribution in [2.45, 2.75) is 24.1 Å². The van der Waals surface area contributed by atoms with Gasteiger partial charge >= 0.3 is 0 Å². The third-order valence-corrected chi connectivity index (χ3v) is 4.77. The summed E-state index contributed by atoms with van der Waals surface area (Å²) in [4.78, 5) is -0.349. The molecule has 2 aromatic rings. The lowest BCUT2D eigenvalue weighted by Crippen LogP contribution is -1.99. The first-order valence-corrected chi connectivity index (χ1v) is 7.38. The summed E-state index contributed by atoms with van der Waals surface area (Å²) in [6.07, 6.45) is 3.27. The molecule has 0 nitrogen and oxygen atoms in total. The Kier molecular flexibility index (Phi) is 3.59. The number of benzene rings is 2. The lowest BCUT2D eigenvalue weighted by molar-refractivity contribution is 0.445. The van der Waals surface area contributed by atoms with Gasteiger partial charge in [-0.3, -0.25) is 0 Å². The highest BCUT2D eigenvalue weighted by molar-refractivity contribution is 9.09. The Labute approximate surface area is 123 Å². The maximum atomic E-state index is 13.3. The largest absolute Gasteiger partial charge is 0.204 e. The average Bonchev–Trinajstić information content (AvgIpc) is 2.90. The summed E-state index contributed by atoms with van der Waals surface area (Å²) in [5.74, 6) is -3.75. The van der Waals surface area contributed by atoms with E-state index >= 15 is 0 Å². The van der Waals surface area contributed by atoms with Gasteiger partial charge in [-0.1, -0.05) is 34.1 Å². The maximum absolute atomic E-state index is 13.3. The molecule has 0 fully saturated rings. The summed E-state index contributed by atoms with van der Waals surface area (Å²) in [5, 5.41) is 0. The molecule has 0 saturated heterocycles. The molecule has 104 valence electrons. The first-order valence-electron chi connectivity index (χ1n) is 6.46. The van der Waals surface area contributed by atoms with Crippen LogP contribution < -0.4 is 0 Å². The van der Waals surface area contributed by atoms with E-state index in [0.29, 0.717) is 5.56 Å². The van der Waals surface area contributed by atoms with Crippen molar-refractivity contribution in [1.29, 1.82) is 0 Å². The summed E-state index contributed by atoms with van der Waals surface area (Å²) in [5.41, 5.74) is 3.93. The molecule has 1 aliphatic rings. The molecule has 0 amide bonds. The smallest absolute Gasteiger partial charge is 0.194 e. The van der Waals surface area contributed by atoms with Gasteiger partial charge in [0.05, 0.1) is 4.83 Å². The number of hydrogen-bond acceptors (Lipinski definition) is 0. The number of fused-ring (bicyclic) bond motifs is 1. The van der Waals surface area contributed by atoms with Crippen LogP contribution in [-0.4, -0.2) is 0 Å². The highest BCUT2D eigenvalue weighted by atomic mass is 79.9. The van der Waals surface area contributed by atoms with E-state index < -0.39 is 17.5 Å². The molecule has 0 saturated carbocycles. The van der Waals surface area contributed by atoms with Crippen LogP contribution in [0.15, 0.2) is 30.3 Å². The molecule has 0 N–H and O–H groups in total. The standard InChI is InChI=1S/C16H12BrF3/c17-15(12-7-13(18)16(20)14(19)8-12)11-5-4-9-2-1-3-10(9)6-11/h4-8,15H,1-3H2. The van der Waals surface area contributed by atoms with E-state index in [0.717, 1.165) is 37.0 Å². The van der Waals surface area contributed by atoms with Gasteiger partial charge in [0.25, 0.3) is 0 Å². The molecule has 0 aliphatic heterocycles. The van der Waals surface area contributed by atoms with E-state index in [-0.39, 0.29) is 4.83 Å². The zero-order valence-corrected chi connectivity index (χ0v) is 12.2. The Bertz CT molecular complexity index is 644. The van der Waals surface area contributed by atoms with Crippen molar-refractivity contribution >= 4 is 15.9 Å². The molecule has 3 rings (SSSR count). The zero-order chi connectivity index (χ0) is 14.3. The fraction of sp³-hybridized carbons (Fsp3) is 0.250. The molecule has 2 aromatic carbocycles. The summed E-state index contributed by atoms with van der Waals surface area (Å²) >= 11 is 3.44. The van der Waals surface area contributed by atoms with Crippen molar-refractivity contribution in [2.75, 3.05) is 0 Å². The number of halogens is 4. The molecular formula is C16H12BrF3. The quantitative estimate of drug-likeness (QED) is 0.528. The van der Waals surface area contributed by atoms with E-state index in [1.54, 1.807) is 0 Å². The van der Waals surface area contributed by atoms with Gasteiger partial charge in [0.1, 0.15) is 0 Å². The van der Waals surface area contributed by atoms with Gasteiger partial charge in [-0.05, 0) is 53.6 Å². The van der Waals surface area contributed by atoms with Crippen LogP contribution in [0.2, 0.25) is 0 Å². The lowest BCUT2D eigenvalue weighted by Gasteiger charge is -2.13. The first-order chi connectivity index (χ1) is 9.56. The molecule has 0 spiro atoms. The second kappa shape index (κ2) is 5.24. The molecular weight excluding hydrogens is 329 g/mol. The van der Waals surface area contributed by atoms with Gasteiger partial charge in [0.2, 0.25) is 0 Å². The maximum Gasteiger partial charge on any atom is 0.194 e. The molecule has 20 heavy (non-hydrogen) atoms. The van der Waals surface area contributed by atoms with Crippen molar-refractivity contribution in [3.63, 3.8) is 0 Å². The topological polar surface area (TPSA) is 0 Å². The van der Waals surface area contributed by atoms with Crippen molar-refractivity contribution in [1.82, 2.24) is 0 Å². The van der Waals surface area contributed by atoms with Gasteiger partial charge in [0, 0.05) is 0 Å². The normalized spacial score (nSPS) is 15.2. The molecule has 0 heterocycles. The molecule has 0 aromatic heterocycles. The Balaban J connectivity index is 1.98. The Hall–Kier alpha value is -1.29. The first kappa shape index (κ1) is 13.7. The predicted octanol–water partition coefficient (Wildman–Crippen LogP) is 5.08. The minimum atomic E-state index is -1.43. The third kappa shape index (κ3) is 2.37. The minimum absolute atomic E-state index is 0.349. The SMILES string of the molecule is Fc1cc(C(Br)c2ccc3c(c2)CCC3)cc(F)c1F. The van der Waals surface area contributed by atoms with Gasteiger partial charge in [-0.25, -0.2) is 13.2 Å². The Morgan fingerprint density at radius 1 is 0.850 bits per heavy atom. The number of rotatable bonds is 2.